The minimum absolute atomic E-state index is 0.0153. The topological polar surface area (TPSA) is 60.9 Å². The fourth-order valence-electron chi connectivity index (χ4n) is 3.43. The Labute approximate surface area is 153 Å². The third kappa shape index (κ3) is 4.23. The average Bonchev–Trinajstić information content (AvgIpc) is 3.08. The molecule has 1 unspecified atom stereocenters. The number of nitrogens with zero attached hydrogens (tertiary/aromatic N) is 2. The number of anilines is 1. The predicted octanol–water partition coefficient (Wildman–Crippen LogP) is 3.11. The molecule has 1 aliphatic rings. The number of amides is 1. The molecule has 0 spiro atoms. The van der Waals surface area contributed by atoms with Gasteiger partial charge in [-0.3, -0.25) is 9.59 Å². The number of carbonyl (C=O) groups is 2. The molecule has 0 bridgehead atoms. The second-order valence-electron chi connectivity index (χ2n) is 6.87. The first kappa shape index (κ1) is 18.0. The fraction of sp³-hybridized carbons (Fsp3) is 0.333. The largest absolute Gasteiger partial charge is 0.480 e. The highest BCUT2D eigenvalue weighted by atomic mass is 16.4. The molecule has 1 amide bonds. The molecule has 26 heavy (non-hydrogen) atoms. The zero-order valence-corrected chi connectivity index (χ0v) is 15.0. The average molecular weight is 352 g/mol. The van der Waals surface area contributed by atoms with E-state index in [0.29, 0.717) is 5.92 Å². The second-order valence-corrected chi connectivity index (χ2v) is 6.87. The highest BCUT2D eigenvalue weighted by Crippen LogP contribution is 2.30. The standard InChI is InChI=1S/C21H24N2O3/c1-16-11-12-22(13-16)20(24)14-23(15-21(25)26)19-10-6-5-9-18(19)17-7-3-2-4-8-17/h2-10,16H,11-15H2,1H3,(H,25,26). The maximum absolute atomic E-state index is 12.7. The van der Waals surface area contributed by atoms with Crippen molar-refractivity contribution in [3.05, 3.63) is 54.6 Å². The number of benzene rings is 2. The fourth-order valence-corrected chi connectivity index (χ4v) is 3.43. The van der Waals surface area contributed by atoms with Crippen LogP contribution in [-0.2, 0) is 9.59 Å². The number of para-hydroxylation sites is 1. The third-order valence-corrected chi connectivity index (χ3v) is 4.76. The Bertz CT molecular complexity index is 776. The minimum atomic E-state index is -0.949. The molecule has 2 aromatic rings. The van der Waals surface area contributed by atoms with Crippen LogP contribution in [0.5, 0.6) is 0 Å². The quantitative estimate of drug-likeness (QED) is 0.868. The maximum Gasteiger partial charge on any atom is 0.323 e. The molecule has 0 saturated carbocycles. The van der Waals surface area contributed by atoms with Crippen molar-refractivity contribution in [1.82, 2.24) is 4.90 Å². The number of carboxylic acid groups (broad SMARTS) is 1. The molecule has 3 rings (SSSR count). The van der Waals surface area contributed by atoms with Gasteiger partial charge < -0.3 is 14.9 Å². The summed E-state index contributed by atoms with van der Waals surface area (Å²) in [6.45, 7) is 3.50. The van der Waals surface area contributed by atoms with Gasteiger partial charge in [-0.25, -0.2) is 0 Å². The highest BCUT2D eigenvalue weighted by molar-refractivity contribution is 5.88. The van der Waals surface area contributed by atoms with E-state index in [-0.39, 0.29) is 19.0 Å². The Morgan fingerprint density at radius 2 is 1.77 bits per heavy atom. The maximum atomic E-state index is 12.7. The molecule has 5 nitrogen and oxygen atoms in total. The summed E-state index contributed by atoms with van der Waals surface area (Å²) >= 11 is 0. The summed E-state index contributed by atoms with van der Waals surface area (Å²) < 4.78 is 0. The van der Waals surface area contributed by atoms with Crippen LogP contribution < -0.4 is 4.90 Å². The van der Waals surface area contributed by atoms with Gasteiger partial charge >= 0.3 is 5.97 Å². The molecule has 1 heterocycles. The van der Waals surface area contributed by atoms with Gasteiger partial charge in [0.1, 0.15) is 6.54 Å². The summed E-state index contributed by atoms with van der Waals surface area (Å²) in [6, 6.07) is 17.5. The molecular formula is C21H24N2O3. The number of hydrogen-bond acceptors (Lipinski definition) is 3. The van der Waals surface area contributed by atoms with Crippen molar-refractivity contribution in [2.24, 2.45) is 5.92 Å². The van der Waals surface area contributed by atoms with E-state index in [1.807, 2.05) is 59.5 Å². The predicted molar refractivity (Wildman–Crippen MR) is 102 cm³/mol. The molecule has 0 aliphatic carbocycles. The van der Waals surface area contributed by atoms with Crippen LogP contribution in [0.4, 0.5) is 5.69 Å². The number of carboxylic acids is 1. The van der Waals surface area contributed by atoms with Crippen molar-refractivity contribution >= 4 is 17.6 Å². The van der Waals surface area contributed by atoms with Crippen LogP contribution in [0.1, 0.15) is 13.3 Å². The normalized spacial score (nSPS) is 16.5. The van der Waals surface area contributed by atoms with Crippen molar-refractivity contribution < 1.29 is 14.7 Å². The van der Waals surface area contributed by atoms with E-state index in [2.05, 4.69) is 6.92 Å². The Morgan fingerprint density at radius 1 is 1.08 bits per heavy atom. The van der Waals surface area contributed by atoms with Gasteiger partial charge in [-0.2, -0.15) is 0 Å². The number of rotatable bonds is 6. The first-order chi connectivity index (χ1) is 12.5. The zero-order chi connectivity index (χ0) is 18.5. The summed E-state index contributed by atoms with van der Waals surface area (Å²) in [5.74, 6) is -0.461. The smallest absolute Gasteiger partial charge is 0.323 e. The minimum Gasteiger partial charge on any atom is -0.480 e. The summed E-state index contributed by atoms with van der Waals surface area (Å²) in [4.78, 5) is 27.6. The van der Waals surface area contributed by atoms with Crippen LogP contribution in [0.25, 0.3) is 11.1 Å². The molecule has 1 saturated heterocycles. The molecule has 5 heteroatoms. The van der Waals surface area contributed by atoms with Crippen LogP contribution in [0.15, 0.2) is 54.6 Å². The van der Waals surface area contributed by atoms with Gasteiger partial charge in [0.15, 0.2) is 0 Å². The molecular weight excluding hydrogens is 328 g/mol. The van der Waals surface area contributed by atoms with Crippen LogP contribution in [0.3, 0.4) is 0 Å². The lowest BCUT2D eigenvalue weighted by atomic mass is 10.0. The van der Waals surface area contributed by atoms with Crippen LogP contribution in [0.2, 0.25) is 0 Å². The lowest BCUT2D eigenvalue weighted by molar-refractivity contribution is -0.135. The number of likely N-dealkylation sites (tertiary alicyclic amines) is 1. The van der Waals surface area contributed by atoms with Crippen molar-refractivity contribution in [2.75, 3.05) is 31.1 Å². The van der Waals surface area contributed by atoms with Crippen molar-refractivity contribution in [1.29, 1.82) is 0 Å². The summed E-state index contributed by atoms with van der Waals surface area (Å²) in [5.41, 5.74) is 2.69. The number of hydrogen-bond donors (Lipinski definition) is 1. The molecule has 0 radical (unpaired) electrons. The van der Waals surface area contributed by atoms with Gasteiger partial charge in [0, 0.05) is 24.3 Å². The Hall–Kier alpha value is -2.82. The summed E-state index contributed by atoms with van der Waals surface area (Å²) in [5, 5.41) is 9.36. The lowest BCUT2D eigenvalue weighted by Crippen LogP contribution is -2.41. The molecule has 1 aliphatic heterocycles. The van der Waals surface area contributed by atoms with E-state index >= 15 is 0 Å². The monoisotopic (exact) mass is 352 g/mol. The van der Waals surface area contributed by atoms with Gasteiger partial charge in [-0.05, 0) is 24.0 Å². The first-order valence-electron chi connectivity index (χ1n) is 8.93. The van der Waals surface area contributed by atoms with Gasteiger partial charge in [0.05, 0.1) is 6.54 Å². The Kier molecular flexibility index (Phi) is 5.56. The van der Waals surface area contributed by atoms with E-state index in [1.165, 1.54) is 0 Å². The molecule has 0 aromatic heterocycles. The van der Waals surface area contributed by atoms with Gasteiger partial charge in [-0.1, -0.05) is 55.5 Å². The van der Waals surface area contributed by atoms with E-state index in [1.54, 1.807) is 4.90 Å². The third-order valence-electron chi connectivity index (χ3n) is 4.76. The molecule has 1 atom stereocenters. The molecule has 1 fully saturated rings. The lowest BCUT2D eigenvalue weighted by Gasteiger charge is -2.27. The van der Waals surface area contributed by atoms with Crippen molar-refractivity contribution in [3.8, 4) is 11.1 Å². The van der Waals surface area contributed by atoms with E-state index in [0.717, 1.165) is 36.3 Å². The Morgan fingerprint density at radius 3 is 2.42 bits per heavy atom. The van der Waals surface area contributed by atoms with E-state index in [4.69, 9.17) is 0 Å². The van der Waals surface area contributed by atoms with Crippen LogP contribution in [0, 0.1) is 5.92 Å². The summed E-state index contributed by atoms with van der Waals surface area (Å²) in [6.07, 6.45) is 1.01. The van der Waals surface area contributed by atoms with Gasteiger partial charge in [0.25, 0.3) is 0 Å². The van der Waals surface area contributed by atoms with Gasteiger partial charge in [-0.15, -0.1) is 0 Å². The SMILES string of the molecule is CC1CCN(C(=O)CN(CC(=O)O)c2ccccc2-c2ccccc2)C1. The van der Waals surface area contributed by atoms with Gasteiger partial charge in [0.2, 0.25) is 5.91 Å². The molecule has 2 aromatic carbocycles. The highest BCUT2D eigenvalue weighted by Gasteiger charge is 2.26. The first-order valence-corrected chi connectivity index (χ1v) is 8.93. The van der Waals surface area contributed by atoms with Crippen LogP contribution in [-0.4, -0.2) is 48.1 Å². The van der Waals surface area contributed by atoms with E-state index < -0.39 is 5.97 Å². The van der Waals surface area contributed by atoms with Crippen molar-refractivity contribution in [3.63, 3.8) is 0 Å². The second kappa shape index (κ2) is 8.04. The summed E-state index contributed by atoms with van der Waals surface area (Å²) in [7, 11) is 0. The number of aliphatic carboxylic acids is 1. The molecule has 1 N–H and O–H groups in total. The Balaban J connectivity index is 1.89. The van der Waals surface area contributed by atoms with E-state index in [9.17, 15) is 14.7 Å². The zero-order valence-electron chi connectivity index (χ0n) is 15.0. The van der Waals surface area contributed by atoms with Crippen molar-refractivity contribution in [2.45, 2.75) is 13.3 Å². The molecule has 136 valence electrons. The number of carbonyl (C=O) groups excluding carboxylic acids is 1. The van der Waals surface area contributed by atoms with Crippen LogP contribution >= 0.6 is 0 Å².